The Morgan fingerprint density at radius 1 is 0.766 bits per heavy atom. The quantitative estimate of drug-likeness (QED) is 0.159. The number of anilines is 1. The monoisotopic (exact) mass is 731 g/mol. The molecule has 1 fully saturated rings. The lowest BCUT2D eigenvalue weighted by molar-refractivity contribution is -0.140. The van der Waals surface area contributed by atoms with Crippen LogP contribution >= 0.6 is 46.4 Å². The Labute approximate surface area is 295 Å². The number of amides is 2. The van der Waals surface area contributed by atoms with Crippen molar-refractivity contribution >= 4 is 73.9 Å². The van der Waals surface area contributed by atoms with E-state index in [-0.39, 0.29) is 45.5 Å². The van der Waals surface area contributed by atoms with Crippen molar-refractivity contribution < 1.29 is 18.0 Å². The number of halogens is 4. The van der Waals surface area contributed by atoms with Gasteiger partial charge in [0.05, 0.1) is 20.6 Å². The number of hydrogen-bond donors (Lipinski definition) is 1. The maximum atomic E-state index is 14.6. The Morgan fingerprint density at radius 3 is 2.13 bits per heavy atom. The average molecular weight is 734 g/mol. The van der Waals surface area contributed by atoms with Crippen LogP contribution in [0.3, 0.4) is 0 Å². The number of nitrogens with one attached hydrogen (secondary N) is 1. The Bertz CT molecular complexity index is 1820. The van der Waals surface area contributed by atoms with Crippen LogP contribution in [0.2, 0.25) is 20.1 Å². The van der Waals surface area contributed by atoms with Crippen LogP contribution in [0.4, 0.5) is 5.69 Å². The fourth-order valence-electron chi connectivity index (χ4n) is 5.65. The molecule has 1 atom stereocenters. The van der Waals surface area contributed by atoms with Gasteiger partial charge in [-0.25, -0.2) is 8.42 Å². The molecule has 7 nitrogen and oxygen atoms in total. The molecule has 0 aliphatic heterocycles. The Hall–Kier alpha value is -3.27. The van der Waals surface area contributed by atoms with Crippen molar-refractivity contribution in [2.45, 2.75) is 55.6 Å². The first kappa shape index (κ1) is 35.0. The molecule has 0 heterocycles. The van der Waals surface area contributed by atoms with Gasteiger partial charge in [0, 0.05) is 29.1 Å². The summed E-state index contributed by atoms with van der Waals surface area (Å²) in [5.74, 6) is -0.917. The molecule has 1 N–H and O–H groups in total. The second-order valence-electron chi connectivity index (χ2n) is 11.4. The zero-order valence-electron chi connectivity index (χ0n) is 25.3. The van der Waals surface area contributed by atoms with E-state index in [9.17, 15) is 18.0 Å². The van der Waals surface area contributed by atoms with Gasteiger partial charge < -0.3 is 10.2 Å². The molecule has 2 amide bonds. The number of sulfonamides is 1. The molecule has 12 heteroatoms. The van der Waals surface area contributed by atoms with Crippen LogP contribution in [0.15, 0.2) is 102 Å². The first-order valence-corrected chi connectivity index (χ1v) is 18.1. The summed E-state index contributed by atoms with van der Waals surface area (Å²) in [7, 11) is -4.30. The number of carbonyl (C=O) groups is 2. The normalized spacial score (nSPS) is 14.0. The standard InChI is InChI=1S/C35H33Cl4N3O4S/c36-26-14-16-30(17-15-26)47(45,46)42(29-12-6-9-27(37)21-29)23-34(43)41(22-25-13-18-31(38)32(39)19-25)33(20-24-7-2-1-3-8-24)35(44)40-28-10-4-5-11-28/h1-3,6-9,12-19,21,28,33H,4-5,10-11,20,22-23H2,(H,40,44). The lowest BCUT2D eigenvalue weighted by Crippen LogP contribution is -2.54. The van der Waals surface area contributed by atoms with Gasteiger partial charge in [-0.3, -0.25) is 13.9 Å². The summed E-state index contributed by atoms with van der Waals surface area (Å²) < 4.78 is 29.3. The van der Waals surface area contributed by atoms with Crippen LogP contribution in [0, 0.1) is 0 Å². The highest BCUT2D eigenvalue weighted by Crippen LogP contribution is 2.29. The third kappa shape index (κ3) is 9.00. The van der Waals surface area contributed by atoms with Crippen LogP contribution in [-0.4, -0.2) is 43.8 Å². The third-order valence-corrected chi connectivity index (χ3v) is 11.1. The van der Waals surface area contributed by atoms with E-state index in [0.717, 1.165) is 35.6 Å². The highest BCUT2D eigenvalue weighted by molar-refractivity contribution is 7.92. The van der Waals surface area contributed by atoms with Crippen LogP contribution in [0.25, 0.3) is 0 Å². The Morgan fingerprint density at radius 2 is 1.47 bits per heavy atom. The molecule has 0 bridgehead atoms. The van der Waals surface area contributed by atoms with E-state index in [4.69, 9.17) is 46.4 Å². The predicted molar refractivity (Wildman–Crippen MR) is 189 cm³/mol. The van der Waals surface area contributed by atoms with Gasteiger partial charge in [0.2, 0.25) is 11.8 Å². The molecule has 0 saturated heterocycles. The molecule has 1 aliphatic rings. The molecule has 1 saturated carbocycles. The fourth-order valence-corrected chi connectivity index (χ4v) is 7.69. The Kier molecular flexibility index (Phi) is 11.7. The predicted octanol–water partition coefficient (Wildman–Crippen LogP) is 8.19. The highest BCUT2D eigenvalue weighted by atomic mass is 35.5. The number of hydrogen-bond acceptors (Lipinski definition) is 4. The first-order valence-electron chi connectivity index (χ1n) is 15.1. The van der Waals surface area contributed by atoms with Gasteiger partial charge in [-0.1, -0.05) is 102 Å². The third-order valence-electron chi connectivity index (χ3n) is 8.09. The topological polar surface area (TPSA) is 86.8 Å². The van der Waals surface area contributed by atoms with E-state index in [2.05, 4.69) is 5.32 Å². The minimum atomic E-state index is -4.30. The maximum Gasteiger partial charge on any atom is 0.264 e. The molecule has 4 aromatic carbocycles. The van der Waals surface area contributed by atoms with Crippen molar-refractivity contribution in [3.05, 3.63) is 128 Å². The van der Waals surface area contributed by atoms with E-state index in [1.807, 2.05) is 30.3 Å². The molecule has 47 heavy (non-hydrogen) atoms. The van der Waals surface area contributed by atoms with Crippen LogP contribution in [0.1, 0.15) is 36.8 Å². The van der Waals surface area contributed by atoms with Crippen molar-refractivity contribution in [2.75, 3.05) is 10.8 Å². The van der Waals surface area contributed by atoms with E-state index in [0.29, 0.717) is 15.6 Å². The van der Waals surface area contributed by atoms with Gasteiger partial charge in [0.25, 0.3) is 10.0 Å². The molecule has 4 aromatic rings. The van der Waals surface area contributed by atoms with Crippen molar-refractivity contribution in [3.8, 4) is 0 Å². The molecule has 0 radical (unpaired) electrons. The van der Waals surface area contributed by atoms with E-state index >= 15 is 0 Å². The minimum Gasteiger partial charge on any atom is -0.352 e. The molecule has 1 aliphatic carbocycles. The zero-order chi connectivity index (χ0) is 33.6. The summed E-state index contributed by atoms with van der Waals surface area (Å²) in [6, 6.07) is 25.3. The van der Waals surface area contributed by atoms with E-state index in [1.165, 1.54) is 35.2 Å². The largest absolute Gasteiger partial charge is 0.352 e. The first-order chi connectivity index (χ1) is 22.5. The molecule has 0 aromatic heterocycles. The molecule has 0 spiro atoms. The van der Waals surface area contributed by atoms with Crippen LogP contribution < -0.4 is 9.62 Å². The van der Waals surface area contributed by atoms with Gasteiger partial charge >= 0.3 is 0 Å². The zero-order valence-corrected chi connectivity index (χ0v) is 29.1. The van der Waals surface area contributed by atoms with E-state index in [1.54, 1.807) is 36.4 Å². The molecule has 1 unspecified atom stereocenters. The molecule has 246 valence electrons. The summed E-state index contributed by atoms with van der Waals surface area (Å²) in [4.78, 5) is 30.1. The number of benzene rings is 4. The van der Waals surface area contributed by atoms with Crippen LogP contribution in [0.5, 0.6) is 0 Å². The number of carbonyl (C=O) groups excluding carboxylic acids is 2. The van der Waals surface area contributed by atoms with Crippen molar-refractivity contribution in [2.24, 2.45) is 0 Å². The summed E-state index contributed by atoms with van der Waals surface area (Å²) in [6.07, 6.45) is 3.93. The summed E-state index contributed by atoms with van der Waals surface area (Å²) >= 11 is 24.9. The van der Waals surface area contributed by atoms with Gasteiger partial charge in [0.15, 0.2) is 0 Å². The summed E-state index contributed by atoms with van der Waals surface area (Å²) in [6.45, 7) is -0.649. The SMILES string of the molecule is O=C(NC1CCCC1)C(Cc1ccccc1)N(Cc1ccc(Cl)c(Cl)c1)C(=O)CN(c1cccc(Cl)c1)S(=O)(=O)c1ccc(Cl)cc1. The lowest BCUT2D eigenvalue weighted by Gasteiger charge is -2.34. The van der Waals surface area contributed by atoms with E-state index < -0.39 is 28.5 Å². The fraction of sp³-hybridized carbons (Fsp3) is 0.257. The Balaban J connectivity index is 1.58. The number of nitrogens with zero attached hydrogens (tertiary/aromatic N) is 2. The lowest BCUT2D eigenvalue weighted by atomic mass is 10.0. The van der Waals surface area contributed by atoms with Crippen molar-refractivity contribution in [1.29, 1.82) is 0 Å². The molecular formula is C35H33Cl4N3O4S. The summed E-state index contributed by atoms with van der Waals surface area (Å²) in [5.41, 5.74) is 1.64. The van der Waals surface area contributed by atoms with Crippen LogP contribution in [-0.2, 0) is 32.6 Å². The second-order valence-corrected chi connectivity index (χ2v) is 15.0. The van der Waals surface area contributed by atoms with Gasteiger partial charge in [-0.05, 0) is 78.6 Å². The van der Waals surface area contributed by atoms with Crippen molar-refractivity contribution in [3.63, 3.8) is 0 Å². The molecule has 5 rings (SSSR count). The van der Waals surface area contributed by atoms with Gasteiger partial charge in [0.1, 0.15) is 12.6 Å². The maximum absolute atomic E-state index is 14.6. The minimum absolute atomic E-state index is 0.00376. The summed E-state index contributed by atoms with van der Waals surface area (Å²) in [5, 5.41) is 4.43. The smallest absolute Gasteiger partial charge is 0.264 e. The van der Waals surface area contributed by atoms with Crippen molar-refractivity contribution in [1.82, 2.24) is 10.2 Å². The molecular weight excluding hydrogens is 700 g/mol. The second kappa shape index (κ2) is 15.8. The average Bonchev–Trinajstić information content (AvgIpc) is 3.56. The van der Waals surface area contributed by atoms with Gasteiger partial charge in [-0.15, -0.1) is 0 Å². The number of rotatable bonds is 12. The highest BCUT2D eigenvalue weighted by Gasteiger charge is 2.35. The van der Waals surface area contributed by atoms with Gasteiger partial charge in [-0.2, -0.15) is 0 Å².